The Morgan fingerprint density at radius 3 is 2.53 bits per heavy atom. The molecule has 0 aromatic heterocycles. The number of amides is 1. The Morgan fingerprint density at radius 2 is 1.91 bits per heavy atom. The summed E-state index contributed by atoms with van der Waals surface area (Å²) in [6, 6.07) is 8.69. The van der Waals surface area contributed by atoms with Crippen LogP contribution < -0.4 is 14.8 Å². The number of methoxy groups -OCH3 is 1. The second-order valence-electron chi connectivity index (χ2n) is 7.17. The van der Waals surface area contributed by atoms with Crippen LogP contribution in [0.15, 0.2) is 47.4 Å². The quantitative estimate of drug-likeness (QED) is 0.470. The van der Waals surface area contributed by atoms with Crippen molar-refractivity contribution in [2.75, 3.05) is 25.6 Å². The van der Waals surface area contributed by atoms with Crippen molar-refractivity contribution in [1.29, 1.82) is 0 Å². The van der Waals surface area contributed by atoms with Crippen molar-refractivity contribution in [3.63, 3.8) is 0 Å². The lowest BCUT2D eigenvalue weighted by Crippen LogP contribution is -2.49. The molecule has 0 aliphatic carbocycles. The molecule has 1 saturated heterocycles. The van der Waals surface area contributed by atoms with E-state index in [1.54, 1.807) is 18.2 Å². The van der Waals surface area contributed by atoms with Crippen LogP contribution in [0, 0.1) is 10.1 Å². The summed E-state index contributed by atoms with van der Waals surface area (Å²) in [5, 5.41) is 13.6. The van der Waals surface area contributed by atoms with Gasteiger partial charge in [0.1, 0.15) is 6.04 Å². The number of sulfonamides is 1. The van der Waals surface area contributed by atoms with Gasteiger partial charge >= 0.3 is 0 Å². The number of piperidine rings is 1. The third-order valence-electron chi connectivity index (χ3n) is 5.14. The second-order valence-corrected chi connectivity index (χ2v) is 9.06. The minimum Gasteiger partial charge on any atom is -0.493 e. The van der Waals surface area contributed by atoms with Gasteiger partial charge < -0.3 is 14.8 Å². The number of rotatable bonds is 8. The Hall–Kier alpha value is -3.18. The van der Waals surface area contributed by atoms with Crippen molar-refractivity contribution in [3.05, 3.63) is 52.6 Å². The van der Waals surface area contributed by atoms with Crippen LogP contribution in [-0.2, 0) is 14.8 Å². The van der Waals surface area contributed by atoms with E-state index >= 15 is 0 Å². The first-order valence-electron chi connectivity index (χ1n) is 10.2. The number of nitro benzene ring substituents is 1. The maximum atomic E-state index is 13.2. The smallest absolute Gasteiger partial charge is 0.269 e. The number of benzene rings is 2. The summed E-state index contributed by atoms with van der Waals surface area (Å²) in [6.07, 6.45) is 1.69. The van der Waals surface area contributed by atoms with Crippen molar-refractivity contribution in [2.45, 2.75) is 37.1 Å². The van der Waals surface area contributed by atoms with Crippen molar-refractivity contribution in [3.8, 4) is 11.5 Å². The maximum Gasteiger partial charge on any atom is 0.269 e. The number of nitro groups is 1. The predicted octanol–water partition coefficient (Wildman–Crippen LogP) is 3.18. The number of hydrogen-bond donors (Lipinski definition) is 1. The van der Waals surface area contributed by atoms with Gasteiger partial charge in [-0.3, -0.25) is 14.9 Å². The number of anilines is 1. The highest BCUT2D eigenvalue weighted by Crippen LogP contribution is 2.31. The monoisotopic (exact) mass is 463 g/mol. The lowest BCUT2D eigenvalue weighted by Gasteiger charge is -2.33. The fraction of sp³-hybridized carbons (Fsp3) is 0.381. The number of non-ortho nitro benzene ring substituents is 1. The molecule has 1 aliphatic rings. The summed E-state index contributed by atoms with van der Waals surface area (Å²) in [7, 11) is -2.52. The Bertz CT molecular complexity index is 1090. The van der Waals surface area contributed by atoms with Crippen LogP contribution in [0.25, 0.3) is 0 Å². The average Bonchev–Trinajstić information content (AvgIpc) is 2.80. The summed E-state index contributed by atoms with van der Waals surface area (Å²) < 4.78 is 38.3. The maximum absolute atomic E-state index is 13.2. The van der Waals surface area contributed by atoms with E-state index in [-0.39, 0.29) is 17.1 Å². The van der Waals surface area contributed by atoms with Crippen molar-refractivity contribution < 1.29 is 27.6 Å². The lowest BCUT2D eigenvalue weighted by atomic mass is 10.0. The molecule has 10 nitrogen and oxygen atoms in total. The summed E-state index contributed by atoms with van der Waals surface area (Å²) in [5.74, 6) is 0.526. The van der Waals surface area contributed by atoms with Crippen molar-refractivity contribution >= 4 is 27.3 Å². The number of carbonyl (C=O) groups excluding carboxylic acids is 1. The predicted molar refractivity (Wildman–Crippen MR) is 117 cm³/mol. The van der Waals surface area contributed by atoms with Gasteiger partial charge in [0.25, 0.3) is 5.69 Å². The van der Waals surface area contributed by atoms with Crippen LogP contribution in [0.5, 0.6) is 11.5 Å². The Morgan fingerprint density at radius 1 is 1.19 bits per heavy atom. The highest BCUT2D eigenvalue weighted by atomic mass is 32.2. The molecule has 0 bridgehead atoms. The molecular formula is C21H25N3O7S. The van der Waals surface area contributed by atoms with Crippen molar-refractivity contribution in [1.82, 2.24) is 4.31 Å². The third kappa shape index (κ3) is 5.00. The SMILES string of the molecule is CCOc1ccc(NC(=O)[C@H]2CCCCN2S(=O)(=O)c2ccc([N+](=O)[O-])cc2)cc1OC. The number of nitrogens with one attached hydrogen (secondary N) is 1. The highest BCUT2D eigenvalue weighted by Gasteiger charge is 2.37. The van der Waals surface area contributed by atoms with Crippen LogP contribution in [0.4, 0.5) is 11.4 Å². The van der Waals surface area contributed by atoms with Crippen LogP contribution in [0.3, 0.4) is 0 Å². The second kappa shape index (κ2) is 9.96. The molecule has 1 amide bonds. The van der Waals surface area contributed by atoms with Gasteiger partial charge in [0.05, 0.1) is 23.5 Å². The zero-order chi connectivity index (χ0) is 23.3. The molecule has 0 radical (unpaired) electrons. The molecular weight excluding hydrogens is 438 g/mol. The zero-order valence-electron chi connectivity index (χ0n) is 17.8. The molecule has 0 saturated carbocycles. The van der Waals surface area contributed by atoms with Gasteiger partial charge in [0.15, 0.2) is 11.5 Å². The number of ether oxygens (including phenoxy) is 2. The van der Waals surface area contributed by atoms with E-state index in [2.05, 4.69) is 5.32 Å². The summed E-state index contributed by atoms with van der Waals surface area (Å²) in [5.41, 5.74) is 0.245. The van der Waals surface area contributed by atoms with E-state index in [1.807, 2.05) is 6.92 Å². The Balaban J connectivity index is 1.82. The average molecular weight is 464 g/mol. The fourth-order valence-corrected chi connectivity index (χ4v) is 5.23. The molecule has 1 aliphatic heterocycles. The molecule has 1 fully saturated rings. The highest BCUT2D eigenvalue weighted by molar-refractivity contribution is 7.89. The van der Waals surface area contributed by atoms with Gasteiger partial charge in [-0.05, 0) is 44.0 Å². The van der Waals surface area contributed by atoms with Gasteiger partial charge in [0.2, 0.25) is 15.9 Å². The van der Waals surface area contributed by atoms with E-state index in [0.29, 0.717) is 43.1 Å². The van der Waals surface area contributed by atoms with Gasteiger partial charge in [-0.1, -0.05) is 6.42 Å². The van der Waals surface area contributed by atoms with Gasteiger partial charge in [-0.25, -0.2) is 8.42 Å². The largest absolute Gasteiger partial charge is 0.493 e. The molecule has 3 rings (SSSR count). The van der Waals surface area contributed by atoms with E-state index in [4.69, 9.17) is 9.47 Å². The minimum atomic E-state index is -4.01. The van der Waals surface area contributed by atoms with Crippen LogP contribution >= 0.6 is 0 Å². The summed E-state index contributed by atoms with van der Waals surface area (Å²) >= 11 is 0. The molecule has 1 atom stereocenters. The molecule has 11 heteroatoms. The first kappa shape index (κ1) is 23.5. The standard InChI is InChI=1S/C21H25N3O7S/c1-3-31-19-12-7-15(14-20(19)30-2)22-21(25)18-6-4-5-13-23(18)32(28,29)17-10-8-16(9-11-17)24(26)27/h7-12,14,18H,3-6,13H2,1-2H3,(H,22,25)/t18-/m1/s1. The third-order valence-corrected chi connectivity index (χ3v) is 7.06. The molecule has 32 heavy (non-hydrogen) atoms. The summed E-state index contributed by atoms with van der Waals surface area (Å²) in [6.45, 7) is 2.49. The normalized spacial score (nSPS) is 16.9. The molecule has 0 spiro atoms. The van der Waals surface area contributed by atoms with E-state index in [0.717, 1.165) is 12.1 Å². The van der Waals surface area contributed by atoms with Gasteiger partial charge in [-0.2, -0.15) is 4.31 Å². The number of carbonyl (C=O) groups is 1. The summed E-state index contributed by atoms with van der Waals surface area (Å²) in [4.78, 5) is 23.2. The van der Waals surface area contributed by atoms with E-state index in [1.165, 1.54) is 23.5 Å². The molecule has 1 N–H and O–H groups in total. The number of nitrogens with zero attached hydrogens (tertiary/aromatic N) is 2. The minimum absolute atomic E-state index is 0.0921. The molecule has 2 aromatic carbocycles. The van der Waals surface area contributed by atoms with Crippen LogP contribution in [0.1, 0.15) is 26.2 Å². The van der Waals surface area contributed by atoms with Gasteiger partial charge in [-0.15, -0.1) is 0 Å². The molecule has 172 valence electrons. The van der Waals surface area contributed by atoms with E-state index in [9.17, 15) is 23.3 Å². The van der Waals surface area contributed by atoms with Crippen LogP contribution in [-0.4, -0.2) is 49.9 Å². The Kier molecular flexibility index (Phi) is 7.31. The number of hydrogen-bond acceptors (Lipinski definition) is 7. The molecule has 1 heterocycles. The fourth-order valence-electron chi connectivity index (χ4n) is 3.58. The van der Waals surface area contributed by atoms with E-state index < -0.39 is 26.9 Å². The zero-order valence-corrected chi connectivity index (χ0v) is 18.6. The van der Waals surface area contributed by atoms with Gasteiger partial charge in [0, 0.05) is 30.4 Å². The topological polar surface area (TPSA) is 128 Å². The molecule has 2 aromatic rings. The Labute approximate surface area is 186 Å². The molecule has 0 unspecified atom stereocenters. The first-order valence-corrected chi connectivity index (χ1v) is 11.6. The van der Waals surface area contributed by atoms with Crippen LogP contribution in [0.2, 0.25) is 0 Å². The first-order chi connectivity index (χ1) is 15.3. The lowest BCUT2D eigenvalue weighted by molar-refractivity contribution is -0.384. The van der Waals surface area contributed by atoms with Crippen molar-refractivity contribution in [2.24, 2.45) is 0 Å².